The number of carbonyl (C=O) groups excluding carboxylic acids is 1. The summed E-state index contributed by atoms with van der Waals surface area (Å²) in [5.74, 6) is 1.06. The van der Waals surface area contributed by atoms with E-state index in [1.807, 2.05) is 0 Å². The molecule has 0 fully saturated rings. The van der Waals surface area contributed by atoms with Gasteiger partial charge in [-0.15, -0.1) is 0 Å². The second-order valence-corrected chi connectivity index (χ2v) is 6.04. The number of likely N-dealkylation sites (N-methyl/N-ethyl adjacent to an activating group) is 1. The van der Waals surface area contributed by atoms with Crippen LogP contribution in [0.1, 0.15) is 34.9 Å². The second kappa shape index (κ2) is 5.99. The highest BCUT2D eigenvalue weighted by molar-refractivity contribution is 5.75. The Hall–Kier alpha value is -2.25. The fraction of sp³-hybridized carbons (Fsp3) is 0.500. The molecule has 0 aromatic carbocycles. The first kappa shape index (κ1) is 16.6. The van der Waals surface area contributed by atoms with Gasteiger partial charge in [-0.2, -0.15) is 18.3 Å². The highest BCUT2D eigenvalue weighted by atomic mass is 19.4. The van der Waals surface area contributed by atoms with Crippen molar-refractivity contribution < 1.29 is 22.4 Å². The summed E-state index contributed by atoms with van der Waals surface area (Å²) in [5, 5.41) is 3.66. The molecular weight excluding hydrogens is 323 g/mol. The molecule has 130 valence electrons. The number of hydrogen-bond donors (Lipinski definition) is 0. The maximum Gasteiger partial charge on any atom is 0.435 e. The van der Waals surface area contributed by atoms with Crippen LogP contribution in [-0.4, -0.2) is 27.6 Å². The van der Waals surface area contributed by atoms with Crippen molar-refractivity contribution in [2.45, 2.75) is 45.5 Å². The van der Waals surface area contributed by atoms with Crippen molar-refractivity contribution in [3.8, 4) is 0 Å². The van der Waals surface area contributed by atoms with Crippen molar-refractivity contribution in [1.82, 2.24) is 14.7 Å². The molecule has 0 bridgehead atoms. The molecule has 5 nitrogen and oxygen atoms in total. The summed E-state index contributed by atoms with van der Waals surface area (Å²) in [6.07, 6.45) is -2.95. The van der Waals surface area contributed by atoms with Crippen LogP contribution in [0.4, 0.5) is 13.2 Å². The molecule has 1 amide bonds. The summed E-state index contributed by atoms with van der Waals surface area (Å²) in [7, 11) is 1.59. The lowest BCUT2D eigenvalue weighted by atomic mass is 10.2. The van der Waals surface area contributed by atoms with Gasteiger partial charge in [-0.1, -0.05) is 0 Å². The first-order valence-electron chi connectivity index (χ1n) is 7.70. The van der Waals surface area contributed by atoms with Crippen LogP contribution in [0.25, 0.3) is 0 Å². The van der Waals surface area contributed by atoms with Gasteiger partial charge in [0.2, 0.25) is 5.91 Å². The fourth-order valence-electron chi connectivity index (χ4n) is 3.01. The third kappa shape index (κ3) is 3.18. The Balaban J connectivity index is 1.75. The Bertz CT molecular complexity index is 761. The number of alkyl halides is 3. The number of fused-ring (bicyclic) bond motifs is 1. The van der Waals surface area contributed by atoms with Crippen molar-refractivity contribution in [3.05, 3.63) is 40.6 Å². The van der Waals surface area contributed by atoms with E-state index in [1.54, 1.807) is 26.1 Å². The number of aryl methyl sites for hydroxylation is 1. The van der Waals surface area contributed by atoms with Gasteiger partial charge in [0.05, 0.1) is 6.54 Å². The van der Waals surface area contributed by atoms with Gasteiger partial charge in [-0.3, -0.25) is 9.48 Å². The summed E-state index contributed by atoms with van der Waals surface area (Å²) in [6.45, 7) is 1.87. The number of carbonyl (C=O) groups is 1. The Morgan fingerprint density at radius 3 is 2.75 bits per heavy atom. The first-order chi connectivity index (χ1) is 11.3. The van der Waals surface area contributed by atoms with E-state index in [9.17, 15) is 18.0 Å². The molecule has 2 aromatic rings. The Morgan fingerprint density at radius 2 is 2.12 bits per heavy atom. The summed E-state index contributed by atoms with van der Waals surface area (Å²) < 4.78 is 45.8. The van der Waals surface area contributed by atoms with Crippen LogP contribution in [0.3, 0.4) is 0 Å². The van der Waals surface area contributed by atoms with E-state index in [2.05, 4.69) is 5.10 Å². The van der Waals surface area contributed by atoms with Gasteiger partial charge in [0, 0.05) is 18.3 Å². The zero-order chi connectivity index (χ0) is 17.5. The number of hydrogen-bond acceptors (Lipinski definition) is 3. The lowest BCUT2D eigenvalue weighted by Gasteiger charge is -2.16. The monoisotopic (exact) mass is 341 g/mol. The molecule has 24 heavy (non-hydrogen) atoms. The third-order valence-electron chi connectivity index (χ3n) is 4.18. The molecule has 3 rings (SSSR count). The van der Waals surface area contributed by atoms with Gasteiger partial charge in [0.15, 0.2) is 5.69 Å². The summed E-state index contributed by atoms with van der Waals surface area (Å²) in [4.78, 5) is 13.7. The fourth-order valence-corrected chi connectivity index (χ4v) is 3.01. The van der Waals surface area contributed by atoms with Crippen LogP contribution in [0.2, 0.25) is 0 Å². The molecule has 0 spiro atoms. The normalized spacial score (nSPS) is 14.0. The van der Waals surface area contributed by atoms with E-state index in [-0.39, 0.29) is 24.6 Å². The molecule has 0 N–H and O–H groups in total. The third-order valence-corrected chi connectivity index (χ3v) is 4.18. The van der Waals surface area contributed by atoms with Gasteiger partial charge in [0.25, 0.3) is 0 Å². The number of halogens is 3. The summed E-state index contributed by atoms with van der Waals surface area (Å²) in [5.41, 5.74) is -0.0929. The zero-order valence-electron chi connectivity index (χ0n) is 13.5. The molecule has 0 atom stereocenters. The van der Waals surface area contributed by atoms with Crippen LogP contribution in [0.5, 0.6) is 0 Å². The number of nitrogens with zero attached hydrogens (tertiary/aromatic N) is 3. The number of rotatable bonds is 4. The van der Waals surface area contributed by atoms with E-state index in [0.717, 1.165) is 5.76 Å². The standard InChI is InChI=1S/C16H18F3N3O2/c1-10-6-7-11(24-10)8-21(2)14(23)9-22-13-5-3-4-12(13)15(20-22)16(17,18)19/h6-7H,3-5,8-9H2,1-2H3. The number of amides is 1. The van der Waals surface area contributed by atoms with Crippen molar-refractivity contribution in [2.24, 2.45) is 0 Å². The van der Waals surface area contributed by atoms with Crippen molar-refractivity contribution >= 4 is 5.91 Å². The quantitative estimate of drug-likeness (QED) is 0.859. The molecule has 2 heterocycles. The van der Waals surface area contributed by atoms with E-state index in [4.69, 9.17) is 4.42 Å². The number of furan rings is 1. The largest absolute Gasteiger partial charge is 0.464 e. The van der Waals surface area contributed by atoms with E-state index >= 15 is 0 Å². The Kier molecular flexibility index (Phi) is 4.15. The predicted molar refractivity (Wildman–Crippen MR) is 79.2 cm³/mol. The average Bonchev–Trinajstić information content (AvgIpc) is 3.16. The van der Waals surface area contributed by atoms with Crippen LogP contribution < -0.4 is 0 Å². The second-order valence-electron chi connectivity index (χ2n) is 6.04. The van der Waals surface area contributed by atoms with Gasteiger partial charge in [-0.25, -0.2) is 0 Å². The Morgan fingerprint density at radius 1 is 1.38 bits per heavy atom. The molecule has 0 radical (unpaired) electrons. The van der Waals surface area contributed by atoms with Gasteiger partial charge in [-0.05, 0) is 38.3 Å². The van der Waals surface area contributed by atoms with Crippen LogP contribution in [-0.2, 0) is 36.9 Å². The molecule has 0 aliphatic heterocycles. The molecule has 0 saturated heterocycles. The lowest BCUT2D eigenvalue weighted by Crippen LogP contribution is -2.30. The van der Waals surface area contributed by atoms with E-state index in [0.29, 0.717) is 30.7 Å². The van der Waals surface area contributed by atoms with Crippen LogP contribution in [0.15, 0.2) is 16.5 Å². The molecular formula is C16H18F3N3O2. The topological polar surface area (TPSA) is 51.3 Å². The molecule has 8 heteroatoms. The molecule has 2 aromatic heterocycles. The van der Waals surface area contributed by atoms with Gasteiger partial charge < -0.3 is 9.32 Å². The van der Waals surface area contributed by atoms with Crippen molar-refractivity contribution in [3.63, 3.8) is 0 Å². The molecule has 1 aliphatic carbocycles. The van der Waals surface area contributed by atoms with Gasteiger partial charge in [0.1, 0.15) is 18.1 Å². The van der Waals surface area contributed by atoms with E-state index < -0.39 is 11.9 Å². The molecule has 0 unspecified atom stereocenters. The summed E-state index contributed by atoms with van der Waals surface area (Å²) >= 11 is 0. The lowest BCUT2D eigenvalue weighted by molar-refractivity contribution is -0.142. The minimum Gasteiger partial charge on any atom is -0.464 e. The Labute approximate surface area is 137 Å². The maximum absolute atomic E-state index is 13.1. The summed E-state index contributed by atoms with van der Waals surface area (Å²) in [6, 6.07) is 3.57. The van der Waals surface area contributed by atoms with Crippen molar-refractivity contribution in [1.29, 1.82) is 0 Å². The highest BCUT2D eigenvalue weighted by Gasteiger charge is 2.40. The van der Waals surface area contributed by atoms with Crippen molar-refractivity contribution in [2.75, 3.05) is 7.05 Å². The first-order valence-corrected chi connectivity index (χ1v) is 7.70. The van der Waals surface area contributed by atoms with Gasteiger partial charge >= 0.3 is 6.18 Å². The molecule has 0 saturated carbocycles. The van der Waals surface area contributed by atoms with Crippen LogP contribution >= 0.6 is 0 Å². The SMILES string of the molecule is Cc1ccc(CN(C)C(=O)Cn2nc(C(F)(F)F)c3c2CCC3)o1. The smallest absolute Gasteiger partial charge is 0.435 e. The minimum atomic E-state index is -4.49. The maximum atomic E-state index is 13.1. The zero-order valence-corrected chi connectivity index (χ0v) is 13.5. The van der Waals surface area contributed by atoms with Crippen LogP contribution in [0, 0.1) is 6.92 Å². The highest BCUT2D eigenvalue weighted by Crippen LogP contribution is 2.36. The van der Waals surface area contributed by atoms with E-state index in [1.165, 1.54) is 9.58 Å². The number of aromatic nitrogens is 2. The minimum absolute atomic E-state index is 0.200. The predicted octanol–water partition coefficient (Wildman–Crippen LogP) is 2.95. The molecule has 1 aliphatic rings. The average molecular weight is 341 g/mol.